The molecule has 2 rings (SSSR count). The molecule has 3 nitrogen and oxygen atoms in total. The van der Waals surface area contributed by atoms with Crippen LogP contribution in [0.15, 0.2) is 29.2 Å². The third-order valence-electron chi connectivity index (χ3n) is 4.23. The predicted molar refractivity (Wildman–Crippen MR) is 79.4 cm³/mol. The highest BCUT2D eigenvalue weighted by atomic mass is 16.1. The van der Waals surface area contributed by atoms with Gasteiger partial charge in [0.1, 0.15) is 0 Å². The molecule has 0 unspecified atom stereocenters. The van der Waals surface area contributed by atoms with Gasteiger partial charge >= 0.3 is 0 Å². The van der Waals surface area contributed by atoms with E-state index < -0.39 is 0 Å². The van der Waals surface area contributed by atoms with E-state index in [4.69, 9.17) is 0 Å². The Balaban J connectivity index is 1.67. The first kappa shape index (κ1) is 14.3. The quantitative estimate of drug-likeness (QED) is 0.855. The smallest absolute Gasteiger partial charge is 0.250 e. The topological polar surface area (TPSA) is 34.0 Å². The molecule has 1 aliphatic rings. The lowest BCUT2D eigenvalue weighted by atomic mass is 9.83. The molecule has 1 N–H and O–H groups in total. The van der Waals surface area contributed by atoms with Crippen LogP contribution in [0.2, 0.25) is 0 Å². The van der Waals surface area contributed by atoms with Crippen LogP contribution in [0, 0.1) is 5.92 Å². The molecular weight excluding hydrogens is 236 g/mol. The Labute approximate surface area is 116 Å². The van der Waals surface area contributed by atoms with Gasteiger partial charge in [0.25, 0.3) is 5.56 Å². The second-order valence-corrected chi connectivity index (χ2v) is 5.69. The number of aromatic nitrogens is 1. The van der Waals surface area contributed by atoms with Crippen LogP contribution in [-0.4, -0.2) is 17.2 Å². The molecule has 1 aliphatic carbocycles. The van der Waals surface area contributed by atoms with Crippen molar-refractivity contribution in [3.63, 3.8) is 0 Å². The molecule has 1 heterocycles. The van der Waals surface area contributed by atoms with Gasteiger partial charge in [-0.05, 0) is 37.7 Å². The first-order chi connectivity index (χ1) is 9.29. The van der Waals surface area contributed by atoms with Crippen molar-refractivity contribution in [2.75, 3.05) is 6.54 Å². The van der Waals surface area contributed by atoms with Crippen molar-refractivity contribution in [1.29, 1.82) is 0 Å². The summed E-state index contributed by atoms with van der Waals surface area (Å²) in [5.41, 5.74) is 0.0935. The largest absolute Gasteiger partial charge is 0.314 e. The van der Waals surface area contributed by atoms with E-state index in [-0.39, 0.29) is 5.56 Å². The summed E-state index contributed by atoms with van der Waals surface area (Å²) in [6, 6.07) is 5.99. The van der Waals surface area contributed by atoms with Gasteiger partial charge in [0.15, 0.2) is 0 Å². The van der Waals surface area contributed by atoms with Crippen LogP contribution < -0.4 is 10.9 Å². The Morgan fingerprint density at radius 3 is 2.74 bits per heavy atom. The first-order valence-electron chi connectivity index (χ1n) is 7.68. The molecule has 0 spiro atoms. The fraction of sp³-hybridized carbons (Fsp3) is 0.688. The Morgan fingerprint density at radius 1 is 1.26 bits per heavy atom. The van der Waals surface area contributed by atoms with Crippen LogP contribution in [0.5, 0.6) is 0 Å². The van der Waals surface area contributed by atoms with Gasteiger partial charge in [-0.15, -0.1) is 0 Å². The summed E-state index contributed by atoms with van der Waals surface area (Å²) in [4.78, 5) is 11.6. The van der Waals surface area contributed by atoms with Crippen molar-refractivity contribution < 1.29 is 0 Å². The van der Waals surface area contributed by atoms with Gasteiger partial charge in [-0.1, -0.05) is 25.8 Å². The number of hydrogen-bond acceptors (Lipinski definition) is 2. The molecule has 0 bridgehead atoms. The summed E-state index contributed by atoms with van der Waals surface area (Å²) in [6.07, 6.45) is 9.92. The normalized spacial score (nSPS) is 23.4. The highest BCUT2D eigenvalue weighted by Gasteiger charge is 2.19. The fourth-order valence-electron chi connectivity index (χ4n) is 3.10. The summed E-state index contributed by atoms with van der Waals surface area (Å²) >= 11 is 0. The molecule has 0 atom stereocenters. The average Bonchev–Trinajstić information content (AvgIpc) is 2.43. The van der Waals surface area contributed by atoms with Gasteiger partial charge in [0.2, 0.25) is 0 Å². The summed E-state index contributed by atoms with van der Waals surface area (Å²) in [6.45, 7) is 3.95. The van der Waals surface area contributed by atoms with E-state index in [0.717, 1.165) is 19.0 Å². The van der Waals surface area contributed by atoms with Crippen LogP contribution >= 0.6 is 0 Å². The molecule has 106 valence electrons. The van der Waals surface area contributed by atoms with E-state index in [1.165, 1.54) is 38.5 Å². The monoisotopic (exact) mass is 262 g/mol. The van der Waals surface area contributed by atoms with E-state index >= 15 is 0 Å². The maximum atomic E-state index is 11.6. The highest BCUT2D eigenvalue weighted by Crippen LogP contribution is 2.27. The molecule has 19 heavy (non-hydrogen) atoms. The third kappa shape index (κ3) is 4.50. The van der Waals surface area contributed by atoms with E-state index in [1.54, 1.807) is 16.7 Å². The van der Waals surface area contributed by atoms with Gasteiger partial charge < -0.3 is 9.88 Å². The van der Waals surface area contributed by atoms with Gasteiger partial charge in [0.05, 0.1) is 0 Å². The number of rotatable bonds is 6. The summed E-state index contributed by atoms with van der Waals surface area (Å²) < 4.78 is 1.77. The van der Waals surface area contributed by atoms with E-state index in [1.807, 2.05) is 12.3 Å². The molecule has 1 aromatic rings. The van der Waals surface area contributed by atoms with Crippen molar-refractivity contribution in [1.82, 2.24) is 9.88 Å². The lowest BCUT2D eigenvalue weighted by Crippen LogP contribution is -2.36. The molecule has 1 fully saturated rings. The van der Waals surface area contributed by atoms with Crippen LogP contribution in [-0.2, 0) is 6.54 Å². The minimum Gasteiger partial charge on any atom is -0.314 e. The van der Waals surface area contributed by atoms with Gasteiger partial charge in [-0.25, -0.2) is 0 Å². The Hall–Kier alpha value is -1.09. The minimum absolute atomic E-state index is 0.0935. The second kappa shape index (κ2) is 7.49. The Bertz CT molecular complexity index is 419. The van der Waals surface area contributed by atoms with Crippen LogP contribution in [0.1, 0.15) is 45.4 Å². The Kier molecular flexibility index (Phi) is 5.64. The van der Waals surface area contributed by atoms with Crippen molar-refractivity contribution in [2.45, 2.75) is 58.0 Å². The van der Waals surface area contributed by atoms with Crippen molar-refractivity contribution in [3.05, 3.63) is 34.7 Å². The molecule has 0 saturated heterocycles. The number of pyridine rings is 1. The summed E-state index contributed by atoms with van der Waals surface area (Å²) in [7, 11) is 0. The van der Waals surface area contributed by atoms with E-state index in [2.05, 4.69) is 12.2 Å². The third-order valence-corrected chi connectivity index (χ3v) is 4.23. The summed E-state index contributed by atoms with van der Waals surface area (Å²) in [5, 5.41) is 3.60. The SMILES string of the molecule is CCCC1CCC(NCCn2ccccc2=O)CC1. The molecule has 0 aliphatic heterocycles. The van der Waals surface area contributed by atoms with Gasteiger partial charge in [-0.2, -0.15) is 0 Å². The maximum absolute atomic E-state index is 11.6. The molecule has 1 aromatic heterocycles. The van der Waals surface area contributed by atoms with Crippen molar-refractivity contribution >= 4 is 0 Å². The minimum atomic E-state index is 0.0935. The van der Waals surface area contributed by atoms with Crippen molar-refractivity contribution in [2.24, 2.45) is 5.92 Å². The standard InChI is InChI=1S/C16H26N2O/c1-2-5-14-7-9-15(10-8-14)17-11-13-18-12-4-3-6-16(18)19/h3-4,6,12,14-15,17H,2,5,7-11,13H2,1H3. The zero-order valence-corrected chi connectivity index (χ0v) is 12.0. The fourth-order valence-corrected chi connectivity index (χ4v) is 3.10. The number of nitrogens with one attached hydrogen (secondary N) is 1. The maximum Gasteiger partial charge on any atom is 0.250 e. The van der Waals surface area contributed by atoms with Crippen molar-refractivity contribution in [3.8, 4) is 0 Å². The van der Waals surface area contributed by atoms with E-state index in [9.17, 15) is 4.79 Å². The van der Waals surface area contributed by atoms with Crippen LogP contribution in [0.4, 0.5) is 0 Å². The average molecular weight is 262 g/mol. The zero-order valence-electron chi connectivity index (χ0n) is 12.0. The molecular formula is C16H26N2O. The molecule has 0 aromatic carbocycles. The van der Waals surface area contributed by atoms with Crippen LogP contribution in [0.3, 0.4) is 0 Å². The molecule has 0 amide bonds. The number of nitrogens with zero attached hydrogens (tertiary/aromatic N) is 1. The summed E-state index contributed by atoms with van der Waals surface area (Å²) in [5.74, 6) is 0.958. The number of hydrogen-bond donors (Lipinski definition) is 1. The zero-order chi connectivity index (χ0) is 13.5. The van der Waals surface area contributed by atoms with Crippen LogP contribution in [0.25, 0.3) is 0 Å². The molecule has 1 saturated carbocycles. The first-order valence-corrected chi connectivity index (χ1v) is 7.68. The molecule has 0 radical (unpaired) electrons. The second-order valence-electron chi connectivity index (χ2n) is 5.69. The van der Waals surface area contributed by atoms with E-state index in [0.29, 0.717) is 6.04 Å². The lowest BCUT2D eigenvalue weighted by molar-refractivity contribution is 0.277. The highest BCUT2D eigenvalue weighted by molar-refractivity contribution is 4.93. The predicted octanol–water partition coefficient (Wildman–Crippen LogP) is 2.80. The lowest BCUT2D eigenvalue weighted by Gasteiger charge is -2.29. The Morgan fingerprint density at radius 2 is 2.05 bits per heavy atom. The molecule has 3 heteroatoms. The van der Waals surface area contributed by atoms with Gasteiger partial charge in [0, 0.05) is 31.4 Å². The van der Waals surface area contributed by atoms with Gasteiger partial charge in [-0.3, -0.25) is 4.79 Å².